The average molecular weight is 747 g/mol. The van der Waals surface area contributed by atoms with Crippen molar-refractivity contribution >= 4 is 11.9 Å². The quantitative estimate of drug-likeness (QED) is 0.0712. The Balaban J connectivity index is 0.930. The fourth-order valence-corrected chi connectivity index (χ4v) is 12.2. The highest BCUT2D eigenvalue weighted by Crippen LogP contribution is 2.67. The van der Waals surface area contributed by atoms with Gasteiger partial charge in [0.05, 0.1) is 31.5 Å². The summed E-state index contributed by atoms with van der Waals surface area (Å²) in [6.45, 7) is 13.7. The number of rotatable bonds is 21. The molecule has 0 amide bonds. The number of fused-ring (bicyclic) bond motifs is 5. The number of allylic oxidation sites excluding steroid dienone is 1. The van der Waals surface area contributed by atoms with Gasteiger partial charge in [-0.05, 0) is 141 Å². The number of esters is 2. The molecule has 0 radical (unpaired) electrons. The number of benzene rings is 1. The molecule has 8 atom stereocenters. The van der Waals surface area contributed by atoms with Crippen molar-refractivity contribution in [2.24, 2.45) is 46.3 Å². The molecule has 1 aromatic carbocycles. The summed E-state index contributed by atoms with van der Waals surface area (Å²) in [5, 5.41) is 0. The van der Waals surface area contributed by atoms with Crippen LogP contribution in [0.15, 0.2) is 29.8 Å². The monoisotopic (exact) mass is 747 g/mol. The molecular weight excluding hydrogens is 669 g/mol. The Morgan fingerprint density at radius 3 is 2.13 bits per heavy atom. The Bertz CT molecular complexity index is 1380. The summed E-state index contributed by atoms with van der Waals surface area (Å²) >= 11 is 0. The van der Waals surface area contributed by atoms with Gasteiger partial charge < -0.3 is 14.2 Å². The summed E-state index contributed by atoms with van der Waals surface area (Å²) in [5.41, 5.74) is 4.63. The van der Waals surface area contributed by atoms with Crippen LogP contribution in [0.3, 0.4) is 0 Å². The smallest absolute Gasteiger partial charge is 0.338 e. The van der Waals surface area contributed by atoms with E-state index < -0.39 is 0 Å². The largest absolute Gasteiger partial charge is 0.465 e. The maximum atomic E-state index is 12.2. The molecule has 0 heterocycles. The Hall–Kier alpha value is -2.14. The van der Waals surface area contributed by atoms with E-state index in [1.165, 1.54) is 136 Å². The molecule has 5 heteroatoms. The lowest BCUT2D eigenvalue weighted by Crippen LogP contribution is -2.51. The molecule has 3 saturated carbocycles. The van der Waals surface area contributed by atoms with Gasteiger partial charge in [-0.15, -0.1) is 0 Å². The van der Waals surface area contributed by atoms with Crippen LogP contribution < -0.4 is 0 Å². The van der Waals surface area contributed by atoms with E-state index in [4.69, 9.17) is 14.2 Å². The molecule has 0 saturated heterocycles. The summed E-state index contributed by atoms with van der Waals surface area (Å²) in [6.07, 6.45) is 31.4. The second-order valence-electron chi connectivity index (χ2n) is 19.2. The van der Waals surface area contributed by atoms with Gasteiger partial charge in [0.25, 0.3) is 0 Å². The molecule has 0 bridgehead atoms. The third-order valence-corrected chi connectivity index (χ3v) is 15.4. The molecule has 5 nitrogen and oxygen atoms in total. The summed E-state index contributed by atoms with van der Waals surface area (Å²) in [7, 11) is 2.77. The molecule has 1 aromatic rings. The zero-order chi connectivity index (χ0) is 38.7. The first-order valence-corrected chi connectivity index (χ1v) is 22.6. The zero-order valence-corrected chi connectivity index (χ0v) is 35.7. The van der Waals surface area contributed by atoms with Crippen molar-refractivity contribution in [1.82, 2.24) is 0 Å². The number of carbonyl (C=O) groups is 2. The lowest BCUT2D eigenvalue weighted by atomic mass is 9.47. The topological polar surface area (TPSA) is 61.8 Å². The highest BCUT2D eigenvalue weighted by molar-refractivity contribution is 5.94. The third-order valence-electron chi connectivity index (χ3n) is 15.4. The molecule has 0 spiro atoms. The van der Waals surface area contributed by atoms with E-state index in [0.29, 0.717) is 28.1 Å². The number of methoxy groups -OCH3 is 2. The minimum Gasteiger partial charge on any atom is -0.465 e. The van der Waals surface area contributed by atoms with Gasteiger partial charge in [-0.25, -0.2) is 9.59 Å². The first-order valence-electron chi connectivity index (χ1n) is 22.6. The van der Waals surface area contributed by atoms with E-state index in [0.717, 1.165) is 66.9 Å². The number of unbranched alkanes of at least 4 members (excludes halogenated alkanes) is 9. The van der Waals surface area contributed by atoms with Gasteiger partial charge in [0.15, 0.2) is 0 Å². The minimum atomic E-state index is -0.382. The van der Waals surface area contributed by atoms with Gasteiger partial charge in [0.2, 0.25) is 0 Å². The fourth-order valence-electron chi connectivity index (χ4n) is 12.2. The van der Waals surface area contributed by atoms with E-state index in [2.05, 4.69) is 40.7 Å². The Labute approximate surface area is 330 Å². The van der Waals surface area contributed by atoms with Gasteiger partial charge in [0.1, 0.15) is 0 Å². The lowest BCUT2D eigenvalue weighted by Gasteiger charge is -2.58. The van der Waals surface area contributed by atoms with Gasteiger partial charge >= 0.3 is 11.9 Å². The van der Waals surface area contributed by atoms with Crippen LogP contribution in [0.2, 0.25) is 0 Å². The predicted molar refractivity (Wildman–Crippen MR) is 222 cm³/mol. The molecular formula is C49H78O5. The highest BCUT2D eigenvalue weighted by atomic mass is 16.5. The maximum absolute atomic E-state index is 12.2. The van der Waals surface area contributed by atoms with Crippen LogP contribution in [0.4, 0.5) is 0 Å². The van der Waals surface area contributed by atoms with E-state index in [1.54, 1.807) is 23.8 Å². The van der Waals surface area contributed by atoms with Crippen LogP contribution in [-0.2, 0) is 20.6 Å². The van der Waals surface area contributed by atoms with Crippen molar-refractivity contribution in [2.75, 3.05) is 20.8 Å². The van der Waals surface area contributed by atoms with Crippen LogP contribution in [0.1, 0.15) is 196 Å². The van der Waals surface area contributed by atoms with Crippen LogP contribution >= 0.6 is 0 Å². The van der Waals surface area contributed by atoms with Crippen LogP contribution in [0.5, 0.6) is 0 Å². The molecule has 54 heavy (non-hydrogen) atoms. The third kappa shape index (κ3) is 10.4. The van der Waals surface area contributed by atoms with E-state index in [1.807, 2.05) is 0 Å². The molecule has 3 fully saturated rings. The van der Waals surface area contributed by atoms with E-state index >= 15 is 0 Å². The van der Waals surface area contributed by atoms with E-state index in [9.17, 15) is 9.59 Å². The summed E-state index contributed by atoms with van der Waals surface area (Å²) in [4.78, 5) is 24.2. The summed E-state index contributed by atoms with van der Waals surface area (Å²) in [5.74, 6) is 4.68. The SMILES string of the molecule is COC(=O)c1ccc(C(=O)OC)c(CCCCCCCCCCCCOC2CC[C@@]3(C)C(=CC[C@H]4[C@@H]5CC[C@H]([C@H](C)CCCC(C)C)[C@@]5(C)CC[C@@H]43)C2)c1. The van der Waals surface area contributed by atoms with Crippen molar-refractivity contribution in [2.45, 2.75) is 182 Å². The first kappa shape index (κ1) is 43.0. The molecule has 304 valence electrons. The summed E-state index contributed by atoms with van der Waals surface area (Å²) in [6, 6.07) is 5.09. The van der Waals surface area contributed by atoms with Crippen molar-refractivity contribution in [3.8, 4) is 0 Å². The van der Waals surface area contributed by atoms with Crippen LogP contribution in [0.25, 0.3) is 0 Å². The van der Waals surface area contributed by atoms with Gasteiger partial charge in [0, 0.05) is 6.61 Å². The molecule has 0 aliphatic heterocycles. The van der Waals surface area contributed by atoms with Gasteiger partial charge in [-0.1, -0.05) is 117 Å². The molecule has 1 unspecified atom stereocenters. The summed E-state index contributed by atoms with van der Waals surface area (Å²) < 4.78 is 16.4. The van der Waals surface area contributed by atoms with Gasteiger partial charge in [-0.3, -0.25) is 0 Å². The Morgan fingerprint density at radius 1 is 0.759 bits per heavy atom. The highest BCUT2D eigenvalue weighted by Gasteiger charge is 2.59. The van der Waals surface area contributed by atoms with E-state index in [-0.39, 0.29) is 11.9 Å². The Kier molecular flexibility index (Phi) is 16.2. The average Bonchev–Trinajstić information content (AvgIpc) is 3.53. The molecule has 0 N–H and O–H groups in total. The minimum absolute atomic E-state index is 0.356. The number of hydrogen-bond donors (Lipinski definition) is 0. The van der Waals surface area contributed by atoms with Crippen molar-refractivity contribution in [1.29, 1.82) is 0 Å². The van der Waals surface area contributed by atoms with Crippen molar-refractivity contribution < 1.29 is 23.8 Å². The van der Waals surface area contributed by atoms with Crippen molar-refractivity contribution in [3.63, 3.8) is 0 Å². The molecule has 4 aliphatic rings. The van der Waals surface area contributed by atoms with Gasteiger partial charge in [-0.2, -0.15) is 0 Å². The number of aryl methyl sites for hydroxylation is 1. The number of carbonyl (C=O) groups excluding carboxylic acids is 2. The zero-order valence-electron chi connectivity index (χ0n) is 35.7. The number of hydrogen-bond acceptors (Lipinski definition) is 5. The molecule has 4 aliphatic carbocycles. The van der Waals surface area contributed by atoms with Crippen molar-refractivity contribution in [3.05, 3.63) is 46.5 Å². The fraction of sp³-hybridized carbons (Fsp3) is 0.796. The second kappa shape index (κ2) is 20.3. The lowest BCUT2D eigenvalue weighted by molar-refractivity contribution is -0.0641. The second-order valence-corrected chi connectivity index (χ2v) is 19.2. The maximum Gasteiger partial charge on any atom is 0.338 e. The number of ether oxygens (including phenoxy) is 3. The molecule has 5 rings (SSSR count). The Morgan fingerprint density at radius 2 is 1.44 bits per heavy atom. The molecule has 0 aromatic heterocycles. The van der Waals surface area contributed by atoms with Crippen LogP contribution in [0, 0.1) is 46.3 Å². The van der Waals surface area contributed by atoms with Crippen LogP contribution in [-0.4, -0.2) is 38.9 Å². The first-order chi connectivity index (χ1) is 26.0. The normalized spacial score (nSPS) is 29.6. The predicted octanol–water partition coefficient (Wildman–Crippen LogP) is 13.1. The standard InChI is InChI=1S/C49H78O5/c1-35(2)19-18-20-36(3)43-26-27-44-42-25-23-39-34-40(28-30-48(39,4)45(42)29-31-49(43,44)5)54-32-17-15-13-11-9-8-10-12-14-16-21-37-33-38(46(50)52-6)22-24-41(37)47(51)53-7/h22-24,33,35-36,40,42-45H,8-21,25-32,34H2,1-7H3/t36-,40?,42+,43-,44+,45+,48+,49-/m1/s1.